The lowest BCUT2D eigenvalue weighted by atomic mass is 10.1. The van der Waals surface area contributed by atoms with Gasteiger partial charge in [-0.2, -0.15) is 0 Å². The summed E-state index contributed by atoms with van der Waals surface area (Å²) in [5.41, 5.74) is 1.41. The van der Waals surface area contributed by atoms with Crippen molar-refractivity contribution in [1.82, 2.24) is 20.3 Å². The summed E-state index contributed by atoms with van der Waals surface area (Å²) in [6, 6.07) is 7.85. The van der Waals surface area contributed by atoms with E-state index in [0.29, 0.717) is 17.1 Å². The fraction of sp³-hybridized carbons (Fsp3) is 0.158. The van der Waals surface area contributed by atoms with Gasteiger partial charge in [0, 0.05) is 29.2 Å². The Morgan fingerprint density at radius 3 is 2.55 bits per heavy atom. The van der Waals surface area contributed by atoms with Gasteiger partial charge in [-0.3, -0.25) is 19.7 Å². The van der Waals surface area contributed by atoms with Gasteiger partial charge in [0.1, 0.15) is 11.4 Å². The quantitative estimate of drug-likeness (QED) is 0.651. The number of nitrogens with one attached hydrogen (secondary N) is 1. The van der Waals surface area contributed by atoms with E-state index in [0.717, 1.165) is 12.1 Å². The van der Waals surface area contributed by atoms with Crippen LogP contribution in [0.2, 0.25) is 5.02 Å². The molecular formula is C19H14ClF3N4O2. The number of hydrogen-bond acceptors (Lipinski definition) is 5. The Morgan fingerprint density at radius 2 is 1.86 bits per heavy atom. The predicted octanol–water partition coefficient (Wildman–Crippen LogP) is 4.58. The highest BCUT2D eigenvalue weighted by molar-refractivity contribution is 6.31. The third-order valence-electron chi connectivity index (χ3n) is 3.76. The molecule has 2 heterocycles. The van der Waals surface area contributed by atoms with Crippen molar-refractivity contribution in [2.24, 2.45) is 0 Å². The minimum absolute atomic E-state index is 0.0711. The Labute approximate surface area is 168 Å². The predicted molar refractivity (Wildman–Crippen MR) is 99.3 cm³/mol. The standard InChI is InChI=1S/C19H14ClF3N4O2/c1-11(16-17(26-7-6-25-16)15-4-2-3-5-24-15)27-18(28)12-8-13(20)10-14(9-12)29-19(21,22)23/h2-11H,1H3,(H,27,28). The number of benzene rings is 1. The number of alkyl halides is 3. The van der Waals surface area contributed by atoms with Crippen molar-refractivity contribution in [3.63, 3.8) is 0 Å². The van der Waals surface area contributed by atoms with Gasteiger partial charge in [-0.15, -0.1) is 13.2 Å². The Bertz CT molecular complexity index is 1020. The van der Waals surface area contributed by atoms with Crippen LogP contribution in [0.1, 0.15) is 29.0 Å². The topological polar surface area (TPSA) is 77.0 Å². The number of rotatable bonds is 5. The molecular weight excluding hydrogens is 409 g/mol. The van der Waals surface area contributed by atoms with Crippen LogP contribution in [-0.4, -0.2) is 27.2 Å². The van der Waals surface area contributed by atoms with Crippen LogP contribution in [0.3, 0.4) is 0 Å². The summed E-state index contributed by atoms with van der Waals surface area (Å²) in [6.07, 6.45) is -0.326. The van der Waals surface area contributed by atoms with Crippen molar-refractivity contribution in [3.05, 3.63) is 71.3 Å². The molecule has 3 aromatic rings. The largest absolute Gasteiger partial charge is 0.573 e. The molecule has 0 spiro atoms. The second-order valence-electron chi connectivity index (χ2n) is 5.92. The molecule has 1 atom stereocenters. The highest BCUT2D eigenvalue weighted by Crippen LogP contribution is 2.28. The summed E-state index contributed by atoms with van der Waals surface area (Å²) in [4.78, 5) is 25.4. The molecule has 10 heteroatoms. The van der Waals surface area contributed by atoms with E-state index in [1.807, 2.05) is 0 Å². The van der Waals surface area contributed by atoms with Gasteiger partial charge in [-0.1, -0.05) is 17.7 Å². The number of amides is 1. The zero-order valence-corrected chi connectivity index (χ0v) is 15.7. The zero-order chi connectivity index (χ0) is 21.0. The summed E-state index contributed by atoms with van der Waals surface area (Å²) in [5, 5.41) is 2.60. The molecule has 0 aliphatic carbocycles. The second-order valence-corrected chi connectivity index (χ2v) is 6.36. The zero-order valence-electron chi connectivity index (χ0n) is 14.9. The number of hydrogen-bond donors (Lipinski definition) is 1. The number of carbonyl (C=O) groups is 1. The lowest BCUT2D eigenvalue weighted by Crippen LogP contribution is -2.28. The summed E-state index contributed by atoms with van der Waals surface area (Å²) >= 11 is 5.82. The molecule has 0 fully saturated rings. The normalized spacial score (nSPS) is 12.3. The minimum atomic E-state index is -4.90. The van der Waals surface area contributed by atoms with Crippen LogP contribution in [0.5, 0.6) is 5.75 Å². The lowest BCUT2D eigenvalue weighted by molar-refractivity contribution is -0.274. The number of carbonyl (C=O) groups excluding carboxylic acids is 1. The van der Waals surface area contributed by atoms with Crippen molar-refractivity contribution in [2.75, 3.05) is 0 Å². The number of ether oxygens (including phenoxy) is 1. The van der Waals surface area contributed by atoms with E-state index >= 15 is 0 Å². The fourth-order valence-corrected chi connectivity index (χ4v) is 2.83. The molecule has 6 nitrogen and oxygen atoms in total. The first-order valence-corrected chi connectivity index (χ1v) is 8.70. The Hall–Kier alpha value is -3.20. The first-order valence-electron chi connectivity index (χ1n) is 8.32. The maximum absolute atomic E-state index is 12.6. The Morgan fingerprint density at radius 1 is 1.10 bits per heavy atom. The van der Waals surface area contributed by atoms with Crippen molar-refractivity contribution in [3.8, 4) is 17.1 Å². The molecule has 3 rings (SSSR count). The average molecular weight is 423 g/mol. The van der Waals surface area contributed by atoms with E-state index in [4.69, 9.17) is 11.6 Å². The van der Waals surface area contributed by atoms with Gasteiger partial charge in [0.25, 0.3) is 5.91 Å². The first-order chi connectivity index (χ1) is 13.7. The van der Waals surface area contributed by atoms with Crippen molar-refractivity contribution in [1.29, 1.82) is 0 Å². The SMILES string of the molecule is CC(NC(=O)c1cc(Cl)cc(OC(F)(F)F)c1)c1nccnc1-c1ccccn1. The summed E-state index contributed by atoms with van der Waals surface area (Å²) in [5.74, 6) is -1.24. The number of halogens is 4. The van der Waals surface area contributed by atoms with Gasteiger partial charge in [-0.25, -0.2) is 0 Å². The molecule has 0 aliphatic rings. The highest BCUT2D eigenvalue weighted by Gasteiger charge is 2.31. The Kier molecular flexibility index (Phi) is 5.97. The third kappa shape index (κ3) is 5.41. The lowest BCUT2D eigenvalue weighted by Gasteiger charge is -2.17. The van der Waals surface area contributed by atoms with Crippen LogP contribution in [-0.2, 0) is 0 Å². The summed E-state index contributed by atoms with van der Waals surface area (Å²) in [6.45, 7) is 1.67. The van der Waals surface area contributed by atoms with Gasteiger partial charge in [0.05, 0.1) is 17.4 Å². The van der Waals surface area contributed by atoms with Gasteiger partial charge in [0.15, 0.2) is 0 Å². The van der Waals surface area contributed by atoms with E-state index in [1.165, 1.54) is 18.5 Å². The average Bonchev–Trinajstić information content (AvgIpc) is 2.66. The number of nitrogens with zero attached hydrogens (tertiary/aromatic N) is 3. The molecule has 0 bridgehead atoms. The highest BCUT2D eigenvalue weighted by atomic mass is 35.5. The van der Waals surface area contributed by atoms with Crippen LogP contribution in [0.25, 0.3) is 11.4 Å². The molecule has 1 aromatic carbocycles. The second kappa shape index (κ2) is 8.44. The molecule has 0 saturated heterocycles. The van der Waals surface area contributed by atoms with Crippen molar-refractivity contribution >= 4 is 17.5 Å². The molecule has 1 amide bonds. The number of pyridine rings is 1. The van der Waals surface area contributed by atoms with Crippen molar-refractivity contribution < 1.29 is 22.7 Å². The van der Waals surface area contributed by atoms with Crippen LogP contribution in [0, 0.1) is 0 Å². The molecule has 0 radical (unpaired) electrons. The molecule has 0 aliphatic heterocycles. The molecule has 150 valence electrons. The maximum atomic E-state index is 12.6. The van der Waals surface area contributed by atoms with Gasteiger partial charge >= 0.3 is 6.36 Å². The van der Waals surface area contributed by atoms with E-state index in [-0.39, 0.29) is 10.6 Å². The smallest absolute Gasteiger partial charge is 0.406 e. The van der Waals surface area contributed by atoms with E-state index in [2.05, 4.69) is 25.0 Å². The van der Waals surface area contributed by atoms with Crippen molar-refractivity contribution in [2.45, 2.75) is 19.3 Å². The van der Waals surface area contributed by atoms with E-state index in [1.54, 1.807) is 31.3 Å². The van der Waals surface area contributed by atoms with Crippen LogP contribution in [0.15, 0.2) is 55.0 Å². The fourth-order valence-electron chi connectivity index (χ4n) is 2.60. The third-order valence-corrected chi connectivity index (χ3v) is 3.98. The van der Waals surface area contributed by atoms with E-state index < -0.39 is 24.1 Å². The van der Waals surface area contributed by atoms with E-state index in [9.17, 15) is 18.0 Å². The molecule has 2 aromatic heterocycles. The first kappa shape index (κ1) is 20.5. The maximum Gasteiger partial charge on any atom is 0.573 e. The van der Waals surface area contributed by atoms with Crippen LogP contribution < -0.4 is 10.1 Å². The molecule has 1 unspecified atom stereocenters. The summed E-state index contributed by atoms with van der Waals surface area (Å²) < 4.78 is 41.2. The monoisotopic (exact) mass is 422 g/mol. The summed E-state index contributed by atoms with van der Waals surface area (Å²) in [7, 11) is 0. The van der Waals surface area contributed by atoms with Gasteiger partial charge < -0.3 is 10.1 Å². The van der Waals surface area contributed by atoms with Crippen LogP contribution in [0.4, 0.5) is 13.2 Å². The van der Waals surface area contributed by atoms with Gasteiger partial charge in [-0.05, 0) is 37.3 Å². The van der Waals surface area contributed by atoms with Gasteiger partial charge in [0.2, 0.25) is 0 Å². The molecule has 29 heavy (non-hydrogen) atoms. The minimum Gasteiger partial charge on any atom is -0.406 e. The van der Waals surface area contributed by atoms with Crippen LogP contribution >= 0.6 is 11.6 Å². The molecule has 0 saturated carbocycles. The number of aromatic nitrogens is 3. The Balaban J connectivity index is 1.84. The molecule has 1 N–H and O–H groups in total.